The van der Waals surface area contributed by atoms with Gasteiger partial charge in [-0.3, -0.25) is 14.4 Å². The summed E-state index contributed by atoms with van der Waals surface area (Å²) in [6, 6.07) is 6.73. The summed E-state index contributed by atoms with van der Waals surface area (Å²) in [5.74, 6) is -0.513. The highest BCUT2D eigenvalue weighted by molar-refractivity contribution is 6.00. The Morgan fingerprint density at radius 3 is 2.48 bits per heavy atom. The summed E-state index contributed by atoms with van der Waals surface area (Å²) >= 11 is 0. The number of ketones is 1. The summed E-state index contributed by atoms with van der Waals surface area (Å²) in [6.45, 7) is 5.48. The van der Waals surface area contributed by atoms with Crippen LogP contribution < -0.4 is 10.2 Å². The number of carbonyl (C=O) groups is 3. The number of rotatable bonds is 7. The van der Waals surface area contributed by atoms with Crippen molar-refractivity contribution >= 4 is 23.3 Å². The fraction of sp³-hybridized carbons (Fsp3) is 0.438. The largest absolute Gasteiger partial charge is 0.355 e. The predicted molar refractivity (Wildman–Crippen MR) is 82.4 cm³/mol. The maximum atomic E-state index is 11.9. The van der Waals surface area contributed by atoms with Crippen LogP contribution in [-0.2, 0) is 9.59 Å². The average molecular weight is 290 g/mol. The lowest BCUT2D eigenvalue weighted by Gasteiger charge is -2.21. The van der Waals surface area contributed by atoms with Crippen molar-refractivity contribution in [2.24, 2.45) is 0 Å². The van der Waals surface area contributed by atoms with Gasteiger partial charge in [0.05, 0.1) is 0 Å². The van der Waals surface area contributed by atoms with Gasteiger partial charge in [0, 0.05) is 24.7 Å². The van der Waals surface area contributed by atoms with E-state index in [1.165, 1.54) is 18.7 Å². The molecule has 0 spiro atoms. The molecule has 0 aliphatic heterocycles. The summed E-state index contributed by atoms with van der Waals surface area (Å²) in [6.07, 6.45) is 1.91. The van der Waals surface area contributed by atoms with Gasteiger partial charge in [0.1, 0.15) is 6.54 Å². The molecule has 0 saturated heterocycles. The molecule has 0 aliphatic carbocycles. The van der Waals surface area contributed by atoms with Crippen molar-refractivity contribution < 1.29 is 14.4 Å². The Morgan fingerprint density at radius 1 is 1.19 bits per heavy atom. The van der Waals surface area contributed by atoms with Gasteiger partial charge in [-0.2, -0.15) is 0 Å². The topological polar surface area (TPSA) is 66.5 Å². The maximum Gasteiger partial charge on any atom is 0.240 e. The van der Waals surface area contributed by atoms with Crippen LogP contribution in [0.15, 0.2) is 24.3 Å². The van der Waals surface area contributed by atoms with E-state index in [1.807, 2.05) is 6.92 Å². The minimum atomic E-state index is -0.235. The Labute approximate surface area is 125 Å². The molecule has 0 aliphatic rings. The normalized spacial score (nSPS) is 10.0. The highest BCUT2D eigenvalue weighted by Gasteiger charge is 2.16. The second kappa shape index (κ2) is 8.19. The number of benzene rings is 1. The fourth-order valence-electron chi connectivity index (χ4n) is 1.88. The molecule has 2 amide bonds. The van der Waals surface area contributed by atoms with E-state index in [0.717, 1.165) is 12.8 Å². The van der Waals surface area contributed by atoms with E-state index in [9.17, 15) is 14.4 Å². The predicted octanol–water partition coefficient (Wildman–Crippen LogP) is 2.16. The van der Waals surface area contributed by atoms with Crippen molar-refractivity contribution in [1.29, 1.82) is 0 Å². The van der Waals surface area contributed by atoms with Crippen molar-refractivity contribution in [3.63, 3.8) is 0 Å². The molecular formula is C16H22N2O3. The lowest BCUT2D eigenvalue weighted by Crippen LogP contribution is -2.40. The molecule has 0 fully saturated rings. The van der Waals surface area contributed by atoms with Crippen LogP contribution in [0.5, 0.6) is 0 Å². The number of hydrogen-bond acceptors (Lipinski definition) is 3. The highest BCUT2D eigenvalue weighted by atomic mass is 16.2. The third-order valence-electron chi connectivity index (χ3n) is 3.10. The Balaban J connectivity index is 2.82. The number of amides is 2. The number of nitrogens with one attached hydrogen (secondary N) is 1. The number of hydrogen-bond donors (Lipinski definition) is 1. The highest BCUT2D eigenvalue weighted by Crippen LogP contribution is 2.16. The first-order chi connectivity index (χ1) is 9.95. The van der Waals surface area contributed by atoms with Gasteiger partial charge in [0.25, 0.3) is 0 Å². The number of carbonyl (C=O) groups excluding carboxylic acids is 3. The molecule has 5 heteroatoms. The Bertz CT molecular complexity index is 526. The van der Waals surface area contributed by atoms with Crippen LogP contribution in [0.4, 0.5) is 5.69 Å². The molecule has 1 N–H and O–H groups in total. The van der Waals surface area contributed by atoms with Gasteiger partial charge in [-0.05, 0) is 25.5 Å². The van der Waals surface area contributed by atoms with Crippen LogP contribution in [0, 0.1) is 0 Å². The van der Waals surface area contributed by atoms with Gasteiger partial charge in [0.15, 0.2) is 5.78 Å². The lowest BCUT2D eigenvalue weighted by molar-refractivity contribution is -0.123. The molecule has 0 heterocycles. The van der Waals surface area contributed by atoms with Gasteiger partial charge in [-0.25, -0.2) is 0 Å². The van der Waals surface area contributed by atoms with E-state index in [2.05, 4.69) is 5.32 Å². The molecular weight excluding hydrogens is 268 g/mol. The van der Waals surface area contributed by atoms with Gasteiger partial charge >= 0.3 is 0 Å². The second-order valence-corrected chi connectivity index (χ2v) is 4.92. The van der Waals surface area contributed by atoms with Gasteiger partial charge < -0.3 is 10.2 Å². The van der Waals surface area contributed by atoms with Crippen LogP contribution in [-0.4, -0.2) is 30.7 Å². The number of Topliss-reactive ketones (excluding diaryl/α,β-unsaturated/α-hetero) is 1. The molecule has 0 aromatic heterocycles. The van der Waals surface area contributed by atoms with Gasteiger partial charge in [-0.1, -0.05) is 25.5 Å². The van der Waals surface area contributed by atoms with Gasteiger partial charge in [0.2, 0.25) is 11.8 Å². The standard InChI is InChI=1S/C16H22N2O3/c1-4-5-9-17-16(21)11-18(13(3)20)15-8-6-7-14(10-15)12(2)19/h6-8,10H,4-5,9,11H2,1-3H3,(H,17,21). The third-order valence-corrected chi connectivity index (χ3v) is 3.10. The number of anilines is 1. The minimum absolute atomic E-state index is 0.0413. The quantitative estimate of drug-likeness (QED) is 0.618. The summed E-state index contributed by atoms with van der Waals surface area (Å²) in [4.78, 5) is 36.4. The van der Waals surface area contributed by atoms with Crippen molar-refractivity contribution in [2.45, 2.75) is 33.6 Å². The van der Waals surface area contributed by atoms with Crippen molar-refractivity contribution in [3.8, 4) is 0 Å². The van der Waals surface area contributed by atoms with Crippen molar-refractivity contribution in [1.82, 2.24) is 5.32 Å². The molecule has 1 aromatic rings. The maximum absolute atomic E-state index is 11.9. The van der Waals surface area contributed by atoms with E-state index in [0.29, 0.717) is 17.8 Å². The summed E-state index contributed by atoms with van der Waals surface area (Å²) < 4.78 is 0. The molecule has 0 radical (unpaired) electrons. The zero-order chi connectivity index (χ0) is 15.8. The fourth-order valence-corrected chi connectivity index (χ4v) is 1.88. The monoisotopic (exact) mass is 290 g/mol. The van der Waals surface area contributed by atoms with Crippen molar-refractivity contribution in [3.05, 3.63) is 29.8 Å². The van der Waals surface area contributed by atoms with Gasteiger partial charge in [-0.15, -0.1) is 0 Å². The SMILES string of the molecule is CCCCNC(=O)CN(C(C)=O)c1cccc(C(C)=O)c1. The van der Waals surface area contributed by atoms with Crippen LogP contribution >= 0.6 is 0 Å². The lowest BCUT2D eigenvalue weighted by atomic mass is 10.1. The molecule has 5 nitrogen and oxygen atoms in total. The molecule has 0 atom stereocenters. The minimum Gasteiger partial charge on any atom is -0.355 e. The zero-order valence-corrected chi connectivity index (χ0v) is 12.8. The van der Waals surface area contributed by atoms with E-state index < -0.39 is 0 Å². The smallest absolute Gasteiger partial charge is 0.240 e. The Morgan fingerprint density at radius 2 is 1.90 bits per heavy atom. The van der Waals surface area contributed by atoms with Crippen LogP contribution in [0.25, 0.3) is 0 Å². The van der Waals surface area contributed by atoms with E-state index in [-0.39, 0.29) is 24.1 Å². The molecule has 114 valence electrons. The summed E-state index contributed by atoms with van der Waals surface area (Å²) in [5, 5.41) is 2.78. The molecule has 0 saturated carbocycles. The first-order valence-electron chi connectivity index (χ1n) is 7.11. The molecule has 0 bridgehead atoms. The molecule has 0 unspecified atom stereocenters. The zero-order valence-electron chi connectivity index (χ0n) is 12.8. The van der Waals surface area contributed by atoms with Crippen LogP contribution in [0.3, 0.4) is 0 Å². The molecule has 1 aromatic carbocycles. The first-order valence-corrected chi connectivity index (χ1v) is 7.11. The Kier molecular flexibility index (Phi) is 6.59. The van der Waals surface area contributed by atoms with Crippen molar-refractivity contribution in [2.75, 3.05) is 18.0 Å². The average Bonchev–Trinajstić information content (AvgIpc) is 2.45. The van der Waals surface area contributed by atoms with Crippen LogP contribution in [0.2, 0.25) is 0 Å². The first kappa shape index (κ1) is 16.9. The summed E-state index contributed by atoms with van der Waals surface area (Å²) in [7, 11) is 0. The van der Waals surface area contributed by atoms with Crippen LogP contribution in [0.1, 0.15) is 44.0 Å². The Hall–Kier alpha value is -2.17. The number of unbranched alkanes of at least 4 members (excludes halogenated alkanes) is 1. The van der Waals surface area contributed by atoms with E-state index in [1.54, 1.807) is 24.3 Å². The second-order valence-electron chi connectivity index (χ2n) is 4.92. The molecule has 1 rings (SSSR count). The van der Waals surface area contributed by atoms with E-state index >= 15 is 0 Å². The molecule has 21 heavy (non-hydrogen) atoms. The third kappa shape index (κ3) is 5.38. The number of nitrogens with zero attached hydrogens (tertiary/aromatic N) is 1. The summed E-state index contributed by atoms with van der Waals surface area (Å²) in [5.41, 5.74) is 1.07. The van der Waals surface area contributed by atoms with E-state index in [4.69, 9.17) is 0 Å².